The first-order chi connectivity index (χ1) is 10.5. The molecule has 0 aromatic heterocycles. The Kier molecular flexibility index (Phi) is 3.37. The largest absolute Gasteiger partial charge is 0.465 e. The summed E-state index contributed by atoms with van der Waals surface area (Å²) in [6, 6.07) is 6.95. The van der Waals surface area contributed by atoms with E-state index in [2.05, 4.69) is 0 Å². The normalized spacial score (nSPS) is 19.0. The Labute approximate surface area is 127 Å². The molecular weight excluding hydrogens is 286 g/mol. The Morgan fingerprint density at radius 3 is 2.41 bits per heavy atom. The molecule has 3 amide bonds. The van der Waals surface area contributed by atoms with Gasteiger partial charge in [0, 0.05) is 12.8 Å². The van der Waals surface area contributed by atoms with Crippen molar-refractivity contribution in [3.05, 3.63) is 35.4 Å². The molecule has 2 N–H and O–H groups in total. The number of fused-ring (bicyclic) bond motifs is 1. The third-order valence-corrected chi connectivity index (χ3v) is 4.25. The molecule has 1 aliphatic heterocycles. The Morgan fingerprint density at radius 1 is 1.27 bits per heavy atom. The first-order valence-corrected chi connectivity index (χ1v) is 7.13. The van der Waals surface area contributed by atoms with Crippen LogP contribution in [0.4, 0.5) is 4.79 Å². The van der Waals surface area contributed by atoms with E-state index < -0.39 is 23.4 Å². The molecule has 1 saturated heterocycles. The van der Waals surface area contributed by atoms with Gasteiger partial charge >= 0.3 is 12.0 Å². The van der Waals surface area contributed by atoms with E-state index in [-0.39, 0.29) is 13.2 Å². The Hall–Kier alpha value is -2.41. The highest BCUT2D eigenvalue weighted by molar-refractivity contribution is 6.08. The van der Waals surface area contributed by atoms with Gasteiger partial charge in [-0.25, -0.2) is 10.6 Å². The zero-order valence-electron chi connectivity index (χ0n) is 12.2. The van der Waals surface area contributed by atoms with Gasteiger partial charge in [0.15, 0.2) is 0 Å². The van der Waals surface area contributed by atoms with E-state index >= 15 is 0 Å². The van der Waals surface area contributed by atoms with Crippen molar-refractivity contribution in [2.75, 3.05) is 13.2 Å². The molecule has 116 valence electrons. The number of carbonyl (C=O) groups is 3. The van der Waals surface area contributed by atoms with Crippen LogP contribution in [0, 0.1) is 0 Å². The van der Waals surface area contributed by atoms with Crippen molar-refractivity contribution in [2.45, 2.75) is 25.3 Å². The molecule has 0 radical (unpaired) electrons. The van der Waals surface area contributed by atoms with E-state index in [1.165, 1.54) is 4.90 Å². The lowest BCUT2D eigenvalue weighted by molar-refractivity contribution is -0.145. The fraction of sp³-hybridized carbons (Fsp3) is 0.400. The first-order valence-electron chi connectivity index (χ1n) is 7.13. The topological polar surface area (TPSA) is 92.9 Å². The molecule has 1 fully saturated rings. The van der Waals surface area contributed by atoms with Gasteiger partial charge < -0.3 is 4.74 Å². The molecular formula is C15H17N3O4. The molecule has 7 nitrogen and oxygen atoms in total. The number of benzene rings is 1. The second kappa shape index (κ2) is 5.10. The maximum atomic E-state index is 12.5. The summed E-state index contributed by atoms with van der Waals surface area (Å²) in [7, 11) is 0. The maximum Gasteiger partial charge on any atom is 0.342 e. The van der Waals surface area contributed by atoms with E-state index in [0.29, 0.717) is 17.9 Å². The smallest absolute Gasteiger partial charge is 0.342 e. The van der Waals surface area contributed by atoms with Crippen molar-refractivity contribution in [1.82, 2.24) is 9.91 Å². The minimum atomic E-state index is -1.11. The highest BCUT2D eigenvalue weighted by Gasteiger charge is 2.59. The Bertz CT molecular complexity index is 633. The van der Waals surface area contributed by atoms with Gasteiger partial charge in [0.2, 0.25) is 0 Å². The summed E-state index contributed by atoms with van der Waals surface area (Å²) in [5.41, 5.74) is 0.878. The predicted octanol–water partition coefficient (Wildman–Crippen LogP) is 0.225. The minimum absolute atomic E-state index is 0.217. The lowest BCUT2D eigenvalue weighted by Gasteiger charge is -2.30. The van der Waals surface area contributed by atoms with Gasteiger partial charge in [0.05, 0.1) is 6.61 Å². The predicted molar refractivity (Wildman–Crippen MR) is 76.3 cm³/mol. The average Bonchev–Trinajstić information content (AvgIpc) is 2.96. The molecule has 2 aliphatic rings. The third-order valence-electron chi connectivity index (χ3n) is 4.25. The number of hydrogen-bond acceptors (Lipinski definition) is 5. The van der Waals surface area contributed by atoms with Crippen molar-refractivity contribution >= 4 is 17.9 Å². The molecule has 7 heteroatoms. The molecule has 1 heterocycles. The molecule has 1 aromatic carbocycles. The van der Waals surface area contributed by atoms with Crippen molar-refractivity contribution in [2.24, 2.45) is 5.84 Å². The zero-order chi connectivity index (χ0) is 15.9. The summed E-state index contributed by atoms with van der Waals surface area (Å²) in [6.45, 7) is 1.62. The van der Waals surface area contributed by atoms with Crippen LogP contribution in [0.15, 0.2) is 24.3 Å². The summed E-state index contributed by atoms with van der Waals surface area (Å²) < 4.78 is 4.90. The number of urea groups is 1. The van der Waals surface area contributed by atoms with E-state index in [0.717, 1.165) is 11.1 Å². The molecule has 1 aliphatic carbocycles. The lowest BCUT2D eigenvalue weighted by Crippen LogP contribution is -2.52. The number of esters is 1. The van der Waals surface area contributed by atoms with E-state index in [9.17, 15) is 14.4 Å². The molecule has 22 heavy (non-hydrogen) atoms. The standard InChI is InChI=1S/C15H17N3O4/c1-2-22-12(19)9-17-14(21)18(16)13(20)15(17)7-10-5-3-4-6-11(10)8-15/h3-6H,2,7-9,16H2,1H3. The summed E-state index contributed by atoms with van der Waals surface area (Å²) in [4.78, 5) is 37.8. The summed E-state index contributed by atoms with van der Waals surface area (Å²) in [5, 5.41) is 0.602. The van der Waals surface area contributed by atoms with Crippen LogP contribution in [0.2, 0.25) is 0 Å². The third kappa shape index (κ3) is 1.97. The van der Waals surface area contributed by atoms with Crippen LogP contribution in [0.5, 0.6) is 0 Å². The second-order valence-electron chi connectivity index (χ2n) is 5.50. The van der Waals surface area contributed by atoms with Gasteiger partial charge in [-0.3, -0.25) is 14.5 Å². The molecule has 1 aromatic rings. The number of amides is 3. The number of imide groups is 1. The number of ether oxygens (including phenoxy) is 1. The maximum absolute atomic E-state index is 12.5. The molecule has 0 unspecified atom stereocenters. The Morgan fingerprint density at radius 2 is 1.86 bits per heavy atom. The zero-order valence-corrected chi connectivity index (χ0v) is 12.2. The van der Waals surface area contributed by atoms with Gasteiger partial charge in [-0.2, -0.15) is 5.01 Å². The summed E-state index contributed by atoms with van der Waals surface area (Å²) in [6.07, 6.45) is 0.724. The van der Waals surface area contributed by atoms with Gasteiger partial charge in [0.25, 0.3) is 5.91 Å². The van der Waals surface area contributed by atoms with Crippen LogP contribution in [-0.2, 0) is 27.2 Å². The van der Waals surface area contributed by atoms with Crippen LogP contribution >= 0.6 is 0 Å². The van der Waals surface area contributed by atoms with Gasteiger partial charge in [-0.15, -0.1) is 0 Å². The van der Waals surface area contributed by atoms with Crippen molar-refractivity contribution in [3.8, 4) is 0 Å². The molecule has 0 bridgehead atoms. The number of hydrazine groups is 1. The quantitative estimate of drug-likeness (QED) is 0.373. The monoisotopic (exact) mass is 303 g/mol. The van der Waals surface area contributed by atoms with Crippen LogP contribution < -0.4 is 5.84 Å². The Balaban J connectivity index is 1.95. The molecule has 1 spiro atoms. The van der Waals surface area contributed by atoms with Crippen LogP contribution in [-0.4, -0.2) is 46.5 Å². The van der Waals surface area contributed by atoms with Gasteiger partial charge in [0.1, 0.15) is 12.1 Å². The number of nitrogens with two attached hydrogens (primary N) is 1. The SMILES string of the molecule is CCOC(=O)CN1C(=O)N(N)C(=O)C12Cc1ccccc1C2. The highest BCUT2D eigenvalue weighted by atomic mass is 16.5. The van der Waals surface area contributed by atoms with Crippen LogP contribution in [0.3, 0.4) is 0 Å². The minimum Gasteiger partial charge on any atom is -0.465 e. The number of hydrogen-bond donors (Lipinski definition) is 1. The number of rotatable bonds is 3. The van der Waals surface area contributed by atoms with Crippen molar-refractivity contribution in [3.63, 3.8) is 0 Å². The van der Waals surface area contributed by atoms with Crippen molar-refractivity contribution in [1.29, 1.82) is 0 Å². The van der Waals surface area contributed by atoms with Gasteiger partial charge in [-0.1, -0.05) is 24.3 Å². The molecule has 0 saturated carbocycles. The summed E-state index contributed by atoms with van der Waals surface area (Å²) >= 11 is 0. The van der Waals surface area contributed by atoms with Crippen LogP contribution in [0.1, 0.15) is 18.1 Å². The first kappa shape index (κ1) is 14.5. The van der Waals surface area contributed by atoms with E-state index in [1.807, 2.05) is 24.3 Å². The fourth-order valence-electron chi connectivity index (χ4n) is 3.23. The van der Waals surface area contributed by atoms with Crippen molar-refractivity contribution < 1.29 is 19.1 Å². The van der Waals surface area contributed by atoms with E-state index in [4.69, 9.17) is 10.6 Å². The fourth-order valence-corrected chi connectivity index (χ4v) is 3.23. The number of carbonyl (C=O) groups excluding carboxylic acids is 3. The average molecular weight is 303 g/mol. The van der Waals surface area contributed by atoms with Gasteiger partial charge in [-0.05, 0) is 18.1 Å². The highest BCUT2D eigenvalue weighted by Crippen LogP contribution is 2.39. The lowest BCUT2D eigenvalue weighted by atomic mass is 9.94. The summed E-state index contributed by atoms with van der Waals surface area (Å²) in [5.74, 6) is 4.57. The molecule has 0 atom stereocenters. The second-order valence-corrected chi connectivity index (χ2v) is 5.50. The van der Waals surface area contributed by atoms with Crippen LogP contribution in [0.25, 0.3) is 0 Å². The van der Waals surface area contributed by atoms with E-state index in [1.54, 1.807) is 6.92 Å². The molecule has 3 rings (SSSR count). The number of nitrogens with zero attached hydrogens (tertiary/aromatic N) is 2.